The molecule has 1 aliphatic rings. The molecule has 0 aromatic heterocycles. The molecule has 1 fully saturated rings. The molecule has 0 bridgehead atoms. The van der Waals surface area contributed by atoms with Gasteiger partial charge in [0.05, 0.1) is 38.1 Å². The Balaban J connectivity index is 2.21. The monoisotopic (exact) mass is 204 g/mol. The predicted octanol–water partition coefficient (Wildman–Crippen LogP) is 0.314. The van der Waals surface area contributed by atoms with E-state index in [1.807, 2.05) is 0 Å². The Hall–Kier alpha value is -0.160. The second-order valence-electron chi connectivity index (χ2n) is 3.78. The van der Waals surface area contributed by atoms with Crippen LogP contribution in [0.2, 0.25) is 0 Å². The fourth-order valence-corrected chi connectivity index (χ4v) is 1.74. The second kappa shape index (κ2) is 6.35. The van der Waals surface area contributed by atoms with E-state index in [1.54, 1.807) is 6.92 Å². The van der Waals surface area contributed by atoms with Crippen LogP contribution in [-0.4, -0.2) is 48.3 Å². The van der Waals surface area contributed by atoms with E-state index < -0.39 is 6.10 Å². The highest BCUT2D eigenvalue weighted by molar-refractivity contribution is 4.79. The van der Waals surface area contributed by atoms with Crippen LogP contribution in [0.1, 0.15) is 26.2 Å². The van der Waals surface area contributed by atoms with Crippen molar-refractivity contribution >= 4 is 0 Å². The Morgan fingerprint density at radius 2 is 1.93 bits per heavy atom. The SMILES string of the molecule is CC(O)COC1CCCC1OCCO. The molecule has 1 saturated carbocycles. The summed E-state index contributed by atoms with van der Waals surface area (Å²) in [5, 5.41) is 17.7. The van der Waals surface area contributed by atoms with E-state index in [2.05, 4.69) is 0 Å². The van der Waals surface area contributed by atoms with Gasteiger partial charge in [0.1, 0.15) is 0 Å². The molecule has 3 atom stereocenters. The maximum Gasteiger partial charge on any atom is 0.0838 e. The summed E-state index contributed by atoms with van der Waals surface area (Å²) in [5.41, 5.74) is 0. The normalized spacial score (nSPS) is 29.4. The van der Waals surface area contributed by atoms with Gasteiger partial charge in [-0.15, -0.1) is 0 Å². The van der Waals surface area contributed by atoms with Crippen LogP contribution in [0, 0.1) is 0 Å². The second-order valence-corrected chi connectivity index (χ2v) is 3.78. The lowest BCUT2D eigenvalue weighted by molar-refractivity contribution is -0.0797. The molecular formula is C10H20O4. The Morgan fingerprint density at radius 1 is 1.29 bits per heavy atom. The van der Waals surface area contributed by atoms with Gasteiger partial charge in [0.15, 0.2) is 0 Å². The van der Waals surface area contributed by atoms with Crippen LogP contribution >= 0.6 is 0 Å². The van der Waals surface area contributed by atoms with Gasteiger partial charge in [-0.2, -0.15) is 0 Å². The third-order valence-electron chi connectivity index (χ3n) is 2.37. The zero-order valence-corrected chi connectivity index (χ0v) is 8.69. The van der Waals surface area contributed by atoms with Crippen molar-refractivity contribution in [3.8, 4) is 0 Å². The van der Waals surface area contributed by atoms with E-state index in [9.17, 15) is 0 Å². The van der Waals surface area contributed by atoms with Crippen molar-refractivity contribution in [1.82, 2.24) is 0 Å². The standard InChI is InChI=1S/C10H20O4/c1-8(12)7-14-10-4-2-3-9(10)13-6-5-11/h8-12H,2-7H2,1H3. The lowest BCUT2D eigenvalue weighted by Gasteiger charge is -2.21. The quantitative estimate of drug-likeness (QED) is 0.654. The fraction of sp³-hybridized carbons (Fsp3) is 1.00. The van der Waals surface area contributed by atoms with Gasteiger partial charge in [-0.05, 0) is 26.2 Å². The van der Waals surface area contributed by atoms with Crippen molar-refractivity contribution in [2.24, 2.45) is 0 Å². The molecule has 0 amide bonds. The highest BCUT2D eigenvalue weighted by Crippen LogP contribution is 2.24. The first-order chi connectivity index (χ1) is 6.74. The van der Waals surface area contributed by atoms with Gasteiger partial charge >= 0.3 is 0 Å². The molecule has 4 nitrogen and oxygen atoms in total. The van der Waals surface area contributed by atoms with Crippen LogP contribution in [0.5, 0.6) is 0 Å². The summed E-state index contributed by atoms with van der Waals surface area (Å²) in [6.07, 6.45) is 2.85. The van der Waals surface area contributed by atoms with Crippen molar-refractivity contribution < 1.29 is 19.7 Å². The molecule has 1 aliphatic carbocycles. The Labute approximate surface area is 84.8 Å². The first kappa shape index (κ1) is 11.9. The van der Waals surface area contributed by atoms with Crippen LogP contribution in [-0.2, 0) is 9.47 Å². The molecule has 2 N–H and O–H groups in total. The molecule has 4 heteroatoms. The van der Waals surface area contributed by atoms with Crippen LogP contribution in [0.3, 0.4) is 0 Å². The smallest absolute Gasteiger partial charge is 0.0838 e. The number of hydrogen-bond acceptors (Lipinski definition) is 4. The van der Waals surface area contributed by atoms with Gasteiger partial charge in [0, 0.05) is 0 Å². The topological polar surface area (TPSA) is 58.9 Å². The summed E-state index contributed by atoms with van der Waals surface area (Å²) in [4.78, 5) is 0. The summed E-state index contributed by atoms with van der Waals surface area (Å²) in [7, 11) is 0. The van der Waals surface area contributed by atoms with E-state index in [4.69, 9.17) is 19.7 Å². The maximum atomic E-state index is 9.07. The molecule has 3 unspecified atom stereocenters. The van der Waals surface area contributed by atoms with Gasteiger partial charge in [0.2, 0.25) is 0 Å². The minimum absolute atomic E-state index is 0.0552. The lowest BCUT2D eigenvalue weighted by Crippen LogP contribution is -2.29. The first-order valence-electron chi connectivity index (χ1n) is 5.26. The van der Waals surface area contributed by atoms with E-state index in [0.29, 0.717) is 13.2 Å². The summed E-state index contributed by atoms with van der Waals surface area (Å²) < 4.78 is 11.0. The van der Waals surface area contributed by atoms with E-state index >= 15 is 0 Å². The molecule has 0 aromatic rings. The van der Waals surface area contributed by atoms with Crippen molar-refractivity contribution in [3.63, 3.8) is 0 Å². The number of rotatable bonds is 6. The van der Waals surface area contributed by atoms with Gasteiger partial charge in [-0.1, -0.05) is 0 Å². The zero-order valence-electron chi connectivity index (χ0n) is 8.69. The highest BCUT2D eigenvalue weighted by atomic mass is 16.5. The number of aliphatic hydroxyl groups excluding tert-OH is 2. The van der Waals surface area contributed by atoms with Crippen molar-refractivity contribution in [2.45, 2.75) is 44.5 Å². The van der Waals surface area contributed by atoms with Gasteiger partial charge < -0.3 is 19.7 Å². The highest BCUT2D eigenvalue weighted by Gasteiger charge is 2.28. The van der Waals surface area contributed by atoms with Crippen LogP contribution in [0.4, 0.5) is 0 Å². The number of aliphatic hydroxyl groups is 2. The molecule has 0 heterocycles. The van der Waals surface area contributed by atoms with Crippen LogP contribution in [0.15, 0.2) is 0 Å². The Kier molecular flexibility index (Phi) is 5.40. The van der Waals surface area contributed by atoms with Crippen LogP contribution < -0.4 is 0 Å². The average molecular weight is 204 g/mol. The molecule has 0 radical (unpaired) electrons. The fourth-order valence-electron chi connectivity index (χ4n) is 1.74. The lowest BCUT2D eigenvalue weighted by atomic mass is 10.2. The molecule has 1 rings (SSSR count). The third-order valence-corrected chi connectivity index (χ3v) is 2.37. The van der Waals surface area contributed by atoms with Crippen molar-refractivity contribution in [1.29, 1.82) is 0 Å². The Bertz CT molecular complexity index is 149. The molecule has 0 aliphatic heterocycles. The largest absolute Gasteiger partial charge is 0.394 e. The van der Waals surface area contributed by atoms with E-state index in [0.717, 1.165) is 19.3 Å². The molecule has 14 heavy (non-hydrogen) atoms. The molecular weight excluding hydrogens is 184 g/mol. The molecule has 0 saturated heterocycles. The Morgan fingerprint density at radius 3 is 2.50 bits per heavy atom. The van der Waals surface area contributed by atoms with Gasteiger partial charge in [-0.25, -0.2) is 0 Å². The minimum Gasteiger partial charge on any atom is -0.394 e. The third kappa shape index (κ3) is 3.92. The predicted molar refractivity (Wildman–Crippen MR) is 52.1 cm³/mol. The average Bonchev–Trinajstić information content (AvgIpc) is 2.58. The summed E-state index contributed by atoms with van der Waals surface area (Å²) in [6.45, 7) is 2.50. The number of hydrogen-bond donors (Lipinski definition) is 2. The van der Waals surface area contributed by atoms with Gasteiger partial charge in [0.25, 0.3) is 0 Å². The summed E-state index contributed by atoms with van der Waals surface area (Å²) in [6, 6.07) is 0. The maximum absolute atomic E-state index is 9.07. The molecule has 0 aromatic carbocycles. The number of ether oxygens (including phenoxy) is 2. The minimum atomic E-state index is -0.422. The van der Waals surface area contributed by atoms with Gasteiger partial charge in [-0.3, -0.25) is 0 Å². The van der Waals surface area contributed by atoms with Crippen molar-refractivity contribution in [2.75, 3.05) is 19.8 Å². The summed E-state index contributed by atoms with van der Waals surface area (Å²) >= 11 is 0. The first-order valence-corrected chi connectivity index (χ1v) is 5.26. The molecule has 0 spiro atoms. The van der Waals surface area contributed by atoms with Crippen molar-refractivity contribution in [3.05, 3.63) is 0 Å². The van der Waals surface area contributed by atoms with E-state index in [1.165, 1.54) is 0 Å². The van der Waals surface area contributed by atoms with Crippen LogP contribution in [0.25, 0.3) is 0 Å². The molecule has 84 valence electrons. The zero-order chi connectivity index (χ0) is 10.4. The summed E-state index contributed by atoms with van der Waals surface area (Å²) in [5.74, 6) is 0. The van der Waals surface area contributed by atoms with E-state index in [-0.39, 0.29) is 18.8 Å².